The second-order valence-electron chi connectivity index (χ2n) is 11.0. The lowest BCUT2D eigenvalue weighted by Gasteiger charge is -2.46. The van der Waals surface area contributed by atoms with Crippen molar-refractivity contribution in [2.75, 3.05) is 7.05 Å². The van der Waals surface area contributed by atoms with Crippen molar-refractivity contribution in [2.24, 2.45) is 0 Å². The van der Waals surface area contributed by atoms with Crippen molar-refractivity contribution in [1.82, 2.24) is 24.4 Å². The second kappa shape index (κ2) is 8.03. The summed E-state index contributed by atoms with van der Waals surface area (Å²) in [5.74, 6) is 0.678. The van der Waals surface area contributed by atoms with E-state index in [4.69, 9.17) is 9.72 Å². The fourth-order valence-corrected chi connectivity index (χ4v) is 6.54. The van der Waals surface area contributed by atoms with Gasteiger partial charge in [0.05, 0.1) is 28.7 Å². The highest BCUT2D eigenvalue weighted by molar-refractivity contribution is 5.98. The van der Waals surface area contributed by atoms with Crippen LogP contribution in [0, 0.1) is 0 Å². The molecule has 2 aromatic heterocycles. The van der Waals surface area contributed by atoms with E-state index < -0.39 is 23.9 Å². The van der Waals surface area contributed by atoms with Crippen molar-refractivity contribution < 1.29 is 28.5 Å². The molecular weight excluding hydrogens is 508 g/mol. The molecule has 3 aliphatic rings. The zero-order chi connectivity index (χ0) is 27.3. The monoisotopic (exact) mass is 533 g/mol. The molecule has 1 fully saturated rings. The van der Waals surface area contributed by atoms with Crippen molar-refractivity contribution in [1.29, 1.82) is 0 Å². The summed E-state index contributed by atoms with van der Waals surface area (Å²) < 4.78 is 33.5. The minimum atomic E-state index is -3.03. The third-order valence-corrected chi connectivity index (χ3v) is 8.15. The Hall–Kier alpha value is -3.96. The summed E-state index contributed by atoms with van der Waals surface area (Å²) >= 11 is 0. The Balaban J connectivity index is 1.33. The minimum Gasteiger partial charge on any atom is -0.434 e. The van der Waals surface area contributed by atoms with E-state index in [0.717, 1.165) is 16.6 Å². The van der Waals surface area contributed by atoms with Gasteiger partial charge in [-0.15, -0.1) is 0 Å². The second-order valence-corrected chi connectivity index (χ2v) is 11.0. The summed E-state index contributed by atoms with van der Waals surface area (Å²) in [4.78, 5) is 28.5. The molecule has 0 radical (unpaired) electrons. The molecule has 11 heteroatoms. The molecule has 2 bridgehead atoms. The number of benzene rings is 2. The molecule has 9 nitrogen and oxygen atoms in total. The van der Waals surface area contributed by atoms with Crippen molar-refractivity contribution in [3.63, 3.8) is 0 Å². The number of rotatable bonds is 4. The predicted molar refractivity (Wildman–Crippen MR) is 135 cm³/mol. The van der Waals surface area contributed by atoms with Crippen LogP contribution in [0.25, 0.3) is 22.2 Å². The zero-order valence-electron chi connectivity index (χ0n) is 21.2. The number of carbonyl (C=O) groups excluding carboxylic acids is 1. The first-order valence-electron chi connectivity index (χ1n) is 12.7. The van der Waals surface area contributed by atoms with Crippen LogP contribution in [0.2, 0.25) is 0 Å². The summed E-state index contributed by atoms with van der Waals surface area (Å²) in [6.07, 6.45) is 4.10. The van der Waals surface area contributed by atoms with Crippen LogP contribution in [0.5, 0.6) is 5.75 Å². The molecule has 0 unspecified atom stereocenters. The average molecular weight is 534 g/mol. The van der Waals surface area contributed by atoms with Crippen LogP contribution < -0.4 is 4.74 Å². The lowest BCUT2D eigenvalue weighted by atomic mass is 9.68. The fourth-order valence-electron chi connectivity index (χ4n) is 6.54. The number of hydrogen-bond donors (Lipinski definition) is 2. The SMILES string of the molecule is CN1C(=O)c2cccc(OC(F)F)c2[C@H]2C[C@@H]1c1nc3ccc(-c4cnc(C5(O)CC(C)(O)C5)nc4)cc3n12. The van der Waals surface area contributed by atoms with Gasteiger partial charge < -0.3 is 24.4 Å². The van der Waals surface area contributed by atoms with Crippen LogP contribution in [0.3, 0.4) is 0 Å². The van der Waals surface area contributed by atoms with Crippen molar-refractivity contribution >= 4 is 16.9 Å². The predicted octanol–water partition coefficient (Wildman–Crippen LogP) is 3.95. The number of imidazole rings is 1. The Kier molecular flexibility index (Phi) is 4.96. The number of amides is 1. The minimum absolute atomic E-state index is 0.0161. The van der Waals surface area contributed by atoms with Crippen molar-refractivity contribution in [3.8, 4) is 16.9 Å². The standard InChI is InChI=1S/C28H25F2N5O4/c1-27(37)12-28(38,13-27)25-31-10-15(11-32-25)14-6-7-17-18(8-14)35-19-9-20(23(35)33-17)34(2)24(36)16-4-3-5-21(22(16)19)39-26(29)30/h3-8,10-11,19-20,26,37-38H,9,12-13H2,1-2H3/t19-,20-,27?,28?/m1/s1. The number of aromatic nitrogens is 4. The van der Waals surface area contributed by atoms with E-state index >= 15 is 0 Å². The molecule has 1 amide bonds. The van der Waals surface area contributed by atoms with Crippen LogP contribution in [-0.4, -0.2) is 59.8 Å². The van der Waals surface area contributed by atoms with Gasteiger partial charge in [0, 0.05) is 55.4 Å². The molecule has 1 aliphatic carbocycles. The van der Waals surface area contributed by atoms with Gasteiger partial charge in [-0.3, -0.25) is 4.79 Å². The molecule has 2 aliphatic heterocycles. The van der Waals surface area contributed by atoms with Gasteiger partial charge in [-0.25, -0.2) is 15.0 Å². The largest absolute Gasteiger partial charge is 0.434 e. The van der Waals surface area contributed by atoms with Gasteiger partial charge in [0.1, 0.15) is 17.2 Å². The fraction of sp³-hybridized carbons (Fsp3) is 0.357. The summed E-state index contributed by atoms with van der Waals surface area (Å²) in [7, 11) is 1.70. The molecule has 7 rings (SSSR count). The number of fused-ring (bicyclic) bond motifs is 9. The van der Waals surface area contributed by atoms with Crippen molar-refractivity contribution in [3.05, 3.63) is 71.6 Å². The molecule has 1 saturated carbocycles. The van der Waals surface area contributed by atoms with Gasteiger partial charge in [0.15, 0.2) is 5.82 Å². The van der Waals surface area contributed by atoms with Gasteiger partial charge in [-0.05, 0) is 36.8 Å². The van der Waals surface area contributed by atoms with Crippen LogP contribution >= 0.6 is 0 Å². The van der Waals surface area contributed by atoms with E-state index in [2.05, 4.69) is 9.97 Å². The van der Waals surface area contributed by atoms with Crippen LogP contribution in [0.1, 0.15) is 65.8 Å². The highest BCUT2D eigenvalue weighted by atomic mass is 19.3. The van der Waals surface area contributed by atoms with Gasteiger partial charge in [0.2, 0.25) is 0 Å². The molecule has 2 aromatic carbocycles. The Morgan fingerprint density at radius 1 is 1.08 bits per heavy atom. The number of hydrogen-bond acceptors (Lipinski definition) is 7. The molecule has 2 atom stereocenters. The first-order valence-corrected chi connectivity index (χ1v) is 12.7. The number of aliphatic hydroxyl groups is 2. The lowest BCUT2D eigenvalue weighted by Crippen LogP contribution is -2.53. The topological polar surface area (TPSA) is 114 Å². The van der Waals surface area contributed by atoms with E-state index in [-0.39, 0.29) is 36.4 Å². The van der Waals surface area contributed by atoms with Crippen molar-refractivity contribution in [2.45, 2.75) is 56.1 Å². The first-order chi connectivity index (χ1) is 18.5. The quantitative estimate of drug-likeness (QED) is 0.408. The molecule has 200 valence electrons. The Morgan fingerprint density at radius 2 is 1.82 bits per heavy atom. The summed E-state index contributed by atoms with van der Waals surface area (Å²) in [5.41, 5.74) is 1.62. The zero-order valence-corrected chi connectivity index (χ0v) is 21.2. The van der Waals surface area contributed by atoms with Gasteiger partial charge in [0.25, 0.3) is 5.91 Å². The Morgan fingerprint density at radius 3 is 2.51 bits per heavy atom. The number of halogens is 2. The smallest absolute Gasteiger partial charge is 0.387 e. The van der Waals surface area contributed by atoms with Crippen LogP contribution in [-0.2, 0) is 5.60 Å². The van der Waals surface area contributed by atoms with Gasteiger partial charge in [-0.2, -0.15) is 8.78 Å². The molecule has 2 N–H and O–H groups in total. The van der Waals surface area contributed by atoms with Crippen LogP contribution in [0.4, 0.5) is 8.78 Å². The highest BCUT2D eigenvalue weighted by Gasteiger charge is 2.53. The Labute approximate surface area is 221 Å². The summed E-state index contributed by atoms with van der Waals surface area (Å²) in [6.45, 7) is -1.36. The normalized spacial score (nSPS) is 27.4. The molecule has 0 spiro atoms. The van der Waals surface area contributed by atoms with E-state index in [1.54, 1.807) is 43.4 Å². The average Bonchev–Trinajstić information content (AvgIpc) is 3.40. The van der Waals surface area contributed by atoms with E-state index in [9.17, 15) is 23.8 Å². The first kappa shape index (κ1) is 24.1. The van der Waals surface area contributed by atoms with Crippen LogP contribution in [0.15, 0.2) is 48.8 Å². The number of ether oxygens (including phenoxy) is 1. The molecule has 4 heterocycles. The maximum atomic E-state index is 13.3. The number of nitrogens with zero attached hydrogens (tertiary/aromatic N) is 5. The van der Waals surface area contributed by atoms with Gasteiger partial charge in [-0.1, -0.05) is 12.1 Å². The molecular formula is C28H25F2N5O4. The maximum absolute atomic E-state index is 13.3. The maximum Gasteiger partial charge on any atom is 0.387 e. The Bertz CT molecular complexity index is 1640. The molecule has 4 aromatic rings. The lowest BCUT2D eigenvalue weighted by molar-refractivity contribution is -0.180. The third kappa shape index (κ3) is 3.56. The highest BCUT2D eigenvalue weighted by Crippen LogP contribution is 2.50. The third-order valence-electron chi connectivity index (χ3n) is 8.15. The summed E-state index contributed by atoms with van der Waals surface area (Å²) in [6, 6.07) is 9.62. The summed E-state index contributed by atoms with van der Waals surface area (Å²) in [5, 5.41) is 20.8. The van der Waals surface area contributed by atoms with E-state index in [0.29, 0.717) is 28.9 Å². The number of carbonyl (C=O) groups is 1. The molecule has 0 saturated heterocycles. The van der Waals surface area contributed by atoms with Gasteiger partial charge >= 0.3 is 6.61 Å². The van der Waals surface area contributed by atoms with E-state index in [1.165, 1.54) is 6.07 Å². The number of alkyl halides is 2. The van der Waals surface area contributed by atoms with E-state index in [1.807, 2.05) is 22.8 Å². The molecule has 39 heavy (non-hydrogen) atoms.